The highest BCUT2D eigenvalue weighted by Crippen LogP contribution is 2.44. The van der Waals surface area contributed by atoms with Crippen LogP contribution in [0.3, 0.4) is 0 Å². The summed E-state index contributed by atoms with van der Waals surface area (Å²) in [4.78, 5) is 37.8. The smallest absolute Gasteiger partial charge is 0.407 e. The molecular weight excluding hydrogens is 420 g/mol. The normalized spacial score (nSPS) is 14.0. The third-order valence-electron chi connectivity index (χ3n) is 6.33. The highest BCUT2D eigenvalue weighted by atomic mass is 16.5. The maximum atomic E-state index is 12.7. The van der Waals surface area contributed by atoms with E-state index < -0.39 is 18.1 Å². The summed E-state index contributed by atoms with van der Waals surface area (Å²) < 4.78 is 5.58. The number of hydrogen-bond acceptors (Lipinski definition) is 4. The molecule has 2 amide bonds. The van der Waals surface area contributed by atoms with E-state index in [2.05, 4.69) is 29.6 Å². The lowest BCUT2D eigenvalue weighted by Gasteiger charge is -2.28. The molecule has 1 unspecified atom stereocenters. The highest BCUT2D eigenvalue weighted by Gasteiger charge is 2.30. The Labute approximate surface area is 194 Å². The largest absolute Gasteiger partial charge is 0.480 e. The second-order valence-corrected chi connectivity index (χ2v) is 8.45. The van der Waals surface area contributed by atoms with Gasteiger partial charge in [-0.3, -0.25) is 9.59 Å². The lowest BCUT2D eigenvalue weighted by molar-refractivity contribution is -0.146. The maximum absolute atomic E-state index is 12.7. The molecule has 0 heterocycles. The van der Waals surface area contributed by atoms with Gasteiger partial charge in [-0.1, -0.05) is 62.4 Å². The Morgan fingerprint density at radius 3 is 2.09 bits per heavy atom. The van der Waals surface area contributed by atoms with Crippen molar-refractivity contribution in [3.05, 3.63) is 59.7 Å². The van der Waals surface area contributed by atoms with Crippen LogP contribution in [0, 0.1) is 0 Å². The summed E-state index contributed by atoms with van der Waals surface area (Å²) in [7, 11) is 0. The molecule has 176 valence electrons. The summed E-state index contributed by atoms with van der Waals surface area (Å²) in [5, 5.41) is 11.9. The van der Waals surface area contributed by atoms with E-state index in [1.54, 1.807) is 0 Å². The standard InChI is InChI=1S/C26H32N2O5/c1-4-17(3)28(15-25(30)31)24(29)14-18(5-2)27-26(32)33-16-23-21-12-8-6-10-19(21)20-11-7-9-13-22(20)23/h6-13,17-18,23H,4-5,14-16H2,1-3H3,(H,27,32)(H,30,31)/t17?,18-/m0/s1. The van der Waals surface area contributed by atoms with Crippen LogP contribution in [0.25, 0.3) is 11.1 Å². The zero-order chi connectivity index (χ0) is 24.0. The minimum absolute atomic E-state index is 0.0261. The van der Waals surface area contributed by atoms with Crippen molar-refractivity contribution < 1.29 is 24.2 Å². The molecule has 2 N–H and O–H groups in total. The van der Waals surface area contributed by atoms with E-state index in [9.17, 15) is 14.4 Å². The minimum Gasteiger partial charge on any atom is -0.480 e. The lowest BCUT2D eigenvalue weighted by atomic mass is 9.98. The molecular formula is C26H32N2O5. The average molecular weight is 453 g/mol. The number of rotatable bonds is 10. The summed E-state index contributed by atoms with van der Waals surface area (Å²) in [5.74, 6) is -1.39. The molecule has 0 fully saturated rings. The molecule has 2 aromatic carbocycles. The van der Waals surface area contributed by atoms with Crippen LogP contribution in [0.5, 0.6) is 0 Å². The number of fused-ring (bicyclic) bond motifs is 3. The molecule has 0 spiro atoms. The third-order valence-corrected chi connectivity index (χ3v) is 6.33. The number of carbonyl (C=O) groups is 3. The molecule has 2 atom stereocenters. The van der Waals surface area contributed by atoms with Crippen molar-refractivity contribution in [3.8, 4) is 11.1 Å². The Hall–Kier alpha value is -3.35. The maximum Gasteiger partial charge on any atom is 0.407 e. The van der Waals surface area contributed by atoms with Gasteiger partial charge in [0, 0.05) is 24.4 Å². The van der Waals surface area contributed by atoms with E-state index in [0.29, 0.717) is 12.8 Å². The van der Waals surface area contributed by atoms with E-state index in [-0.39, 0.29) is 37.4 Å². The van der Waals surface area contributed by atoms with Crippen LogP contribution in [0.1, 0.15) is 57.1 Å². The van der Waals surface area contributed by atoms with E-state index in [1.807, 2.05) is 45.0 Å². The number of amides is 2. The number of benzene rings is 2. The van der Waals surface area contributed by atoms with E-state index in [0.717, 1.165) is 22.3 Å². The number of hydrogen-bond donors (Lipinski definition) is 2. The Morgan fingerprint density at radius 1 is 1.00 bits per heavy atom. The molecule has 1 aliphatic carbocycles. The Balaban J connectivity index is 1.61. The Morgan fingerprint density at radius 2 is 1.58 bits per heavy atom. The van der Waals surface area contributed by atoms with Crippen molar-refractivity contribution in [1.29, 1.82) is 0 Å². The topological polar surface area (TPSA) is 95.9 Å². The van der Waals surface area contributed by atoms with Gasteiger partial charge in [0.15, 0.2) is 0 Å². The molecule has 0 aliphatic heterocycles. The van der Waals surface area contributed by atoms with Crippen LogP contribution in [-0.4, -0.2) is 53.2 Å². The van der Waals surface area contributed by atoms with Crippen molar-refractivity contribution in [2.45, 2.75) is 58.0 Å². The van der Waals surface area contributed by atoms with E-state index >= 15 is 0 Å². The second-order valence-electron chi connectivity index (χ2n) is 8.45. The average Bonchev–Trinajstić information content (AvgIpc) is 3.13. The van der Waals surface area contributed by atoms with Crippen LogP contribution < -0.4 is 5.32 Å². The number of aliphatic carboxylic acids is 1. The quantitative estimate of drug-likeness (QED) is 0.557. The van der Waals surface area contributed by atoms with Crippen LogP contribution in [-0.2, 0) is 14.3 Å². The molecule has 0 saturated heterocycles. The molecule has 33 heavy (non-hydrogen) atoms. The fourth-order valence-electron chi connectivity index (χ4n) is 4.29. The van der Waals surface area contributed by atoms with Crippen molar-refractivity contribution in [3.63, 3.8) is 0 Å². The van der Waals surface area contributed by atoms with Crippen LogP contribution >= 0.6 is 0 Å². The third kappa shape index (κ3) is 5.72. The summed E-state index contributed by atoms with van der Waals surface area (Å²) >= 11 is 0. The zero-order valence-corrected chi connectivity index (χ0v) is 19.4. The fraction of sp³-hybridized carbons (Fsp3) is 0.423. The van der Waals surface area contributed by atoms with Crippen molar-refractivity contribution in [2.24, 2.45) is 0 Å². The predicted molar refractivity (Wildman–Crippen MR) is 126 cm³/mol. The summed E-state index contributed by atoms with van der Waals surface area (Å²) in [5.41, 5.74) is 4.57. The number of alkyl carbamates (subject to hydrolysis) is 1. The fourth-order valence-corrected chi connectivity index (χ4v) is 4.29. The molecule has 2 aromatic rings. The van der Waals surface area contributed by atoms with Gasteiger partial charge in [0.1, 0.15) is 13.2 Å². The number of nitrogens with zero attached hydrogens (tertiary/aromatic N) is 1. The molecule has 0 bridgehead atoms. The summed E-state index contributed by atoms with van der Waals surface area (Å²) in [6.07, 6.45) is 0.621. The van der Waals surface area contributed by atoms with Gasteiger partial charge >= 0.3 is 12.1 Å². The van der Waals surface area contributed by atoms with Crippen molar-refractivity contribution in [2.75, 3.05) is 13.2 Å². The first-order valence-corrected chi connectivity index (χ1v) is 11.5. The zero-order valence-electron chi connectivity index (χ0n) is 19.4. The SMILES string of the molecule is CCC(C)N(CC(=O)O)C(=O)C[C@H](CC)NC(=O)OCC1c2ccccc2-c2ccccc21. The minimum atomic E-state index is -1.05. The number of carboxylic acids is 1. The second kappa shape index (κ2) is 11.0. The first-order chi connectivity index (χ1) is 15.8. The van der Waals surface area contributed by atoms with Gasteiger partial charge in [-0.15, -0.1) is 0 Å². The van der Waals surface area contributed by atoms with Gasteiger partial charge in [-0.25, -0.2) is 4.79 Å². The molecule has 7 heteroatoms. The van der Waals surface area contributed by atoms with Crippen LogP contribution in [0.4, 0.5) is 4.79 Å². The monoisotopic (exact) mass is 452 g/mol. The van der Waals surface area contributed by atoms with Crippen molar-refractivity contribution >= 4 is 18.0 Å². The lowest BCUT2D eigenvalue weighted by Crippen LogP contribution is -2.45. The molecule has 7 nitrogen and oxygen atoms in total. The summed E-state index contributed by atoms with van der Waals surface area (Å²) in [6.45, 7) is 5.43. The molecule has 1 aliphatic rings. The van der Waals surface area contributed by atoms with Gasteiger partial charge in [0.2, 0.25) is 5.91 Å². The Bertz CT molecular complexity index is 960. The van der Waals surface area contributed by atoms with E-state index in [4.69, 9.17) is 9.84 Å². The Kier molecular flexibility index (Phi) is 8.09. The molecule has 3 rings (SSSR count). The number of ether oxygens (including phenoxy) is 1. The molecule has 0 aromatic heterocycles. The first kappa shape index (κ1) is 24.3. The van der Waals surface area contributed by atoms with Crippen LogP contribution in [0.2, 0.25) is 0 Å². The summed E-state index contributed by atoms with van der Waals surface area (Å²) in [6, 6.07) is 15.6. The highest BCUT2D eigenvalue weighted by molar-refractivity contribution is 5.82. The van der Waals surface area contributed by atoms with Gasteiger partial charge in [0.25, 0.3) is 0 Å². The molecule has 0 radical (unpaired) electrons. The van der Waals surface area contributed by atoms with Gasteiger partial charge in [-0.05, 0) is 42.0 Å². The van der Waals surface area contributed by atoms with Gasteiger partial charge < -0.3 is 20.1 Å². The van der Waals surface area contributed by atoms with Gasteiger partial charge in [-0.2, -0.15) is 0 Å². The van der Waals surface area contributed by atoms with E-state index in [1.165, 1.54) is 4.90 Å². The number of carbonyl (C=O) groups excluding carboxylic acids is 2. The number of carboxylic acid groups (broad SMARTS) is 1. The van der Waals surface area contributed by atoms with Crippen LogP contribution in [0.15, 0.2) is 48.5 Å². The van der Waals surface area contributed by atoms with Crippen molar-refractivity contribution in [1.82, 2.24) is 10.2 Å². The predicted octanol–water partition coefficient (Wildman–Crippen LogP) is 4.41. The molecule has 0 saturated carbocycles. The first-order valence-electron chi connectivity index (χ1n) is 11.5. The van der Waals surface area contributed by atoms with Gasteiger partial charge in [0.05, 0.1) is 0 Å². The number of nitrogens with one attached hydrogen (secondary N) is 1.